The molecule has 0 spiro atoms. The molecule has 0 bridgehead atoms. The lowest BCUT2D eigenvalue weighted by Gasteiger charge is -2.15. The van der Waals surface area contributed by atoms with Gasteiger partial charge in [-0.25, -0.2) is 0 Å². The third-order valence-electron chi connectivity index (χ3n) is 6.63. The van der Waals surface area contributed by atoms with Crippen molar-refractivity contribution in [2.45, 2.75) is 12.8 Å². The summed E-state index contributed by atoms with van der Waals surface area (Å²) < 4.78 is 0. The van der Waals surface area contributed by atoms with Crippen LogP contribution in [0.5, 0.6) is 0 Å². The van der Waals surface area contributed by atoms with Crippen molar-refractivity contribution in [2.75, 3.05) is 0 Å². The van der Waals surface area contributed by atoms with E-state index in [-0.39, 0.29) is 57.6 Å². The Balaban J connectivity index is 1.74. The number of nitro benzene ring substituents is 2. The molecule has 0 radical (unpaired) electrons. The second-order valence-corrected chi connectivity index (χ2v) is 9.17. The topological polar surface area (TPSA) is 207 Å². The normalized spacial score (nSPS) is 10.6. The van der Waals surface area contributed by atoms with Crippen LogP contribution in [0.3, 0.4) is 0 Å². The zero-order valence-electron chi connectivity index (χ0n) is 21.8. The van der Waals surface area contributed by atoms with Crippen LogP contribution in [0.1, 0.15) is 63.7 Å². The van der Waals surface area contributed by atoms with Crippen molar-refractivity contribution < 1.29 is 29.0 Å². The van der Waals surface area contributed by atoms with E-state index in [9.17, 15) is 39.4 Å². The van der Waals surface area contributed by atoms with Crippen LogP contribution in [0, 0.1) is 20.2 Å². The molecule has 0 aliphatic carbocycles. The van der Waals surface area contributed by atoms with Crippen LogP contribution in [-0.2, 0) is 12.8 Å². The van der Waals surface area contributed by atoms with Gasteiger partial charge in [-0.2, -0.15) is 0 Å². The van der Waals surface area contributed by atoms with Crippen LogP contribution in [0.25, 0.3) is 0 Å². The Kier molecular flexibility index (Phi) is 8.27. The fourth-order valence-corrected chi connectivity index (χ4v) is 4.59. The summed E-state index contributed by atoms with van der Waals surface area (Å²) in [6, 6.07) is 18.9. The molecule has 0 aliphatic heterocycles. The molecule has 4 aromatic rings. The molecule has 4 aromatic carbocycles. The predicted molar refractivity (Wildman–Crippen MR) is 150 cm³/mol. The molecule has 12 nitrogen and oxygen atoms in total. The summed E-state index contributed by atoms with van der Waals surface area (Å²) in [5, 5.41) is 22.0. The van der Waals surface area contributed by atoms with Gasteiger partial charge in [-0.05, 0) is 60.4 Å². The summed E-state index contributed by atoms with van der Waals surface area (Å²) in [6.07, 6.45) is 0.246. The maximum absolute atomic E-state index is 13.5. The average Bonchev–Trinajstić information content (AvgIpc) is 2.98. The van der Waals surface area contributed by atoms with E-state index in [4.69, 9.17) is 11.5 Å². The first kappa shape index (κ1) is 29.0. The third kappa shape index (κ3) is 5.92. The van der Waals surface area contributed by atoms with Gasteiger partial charge in [-0.3, -0.25) is 39.4 Å². The minimum atomic E-state index is -0.855. The summed E-state index contributed by atoms with van der Waals surface area (Å²) in [7, 11) is 0. The molecule has 210 valence electrons. The molecular formula is C30H22N4O8. The molecule has 0 atom stereocenters. The van der Waals surface area contributed by atoms with Gasteiger partial charge in [-0.1, -0.05) is 24.3 Å². The zero-order valence-corrected chi connectivity index (χ0v) is 21.8. The lowest BCUT2D eigenvalue weighted by atomic mass is 9.87. The molecular weight excluding hydrogens is 544 g/mol. The molecule has 0 aromatic heterocycles. The van der Waals surface area contributed by atoms with Crippen molar-refractivity contribution in [3.63, 3.8) is 0 Å². The van der Waals surface area contributed by atoms with E-state index in [0.29, 0.717) is 11.1 Å². The molecule has 4 rings (SSSR count). The van der Waals surface area contributed by atoms with Gasteiger partial charge in [0.05, 0.1) is 21.0 Å². The first-order valence-electron chi connectivity index (χ1n) is 12.4. The summed E-state index contributed by atoms with van der Waals surface area (Å²) in [5.41, 5.74) is 11.6. The highest BCUT2D eigenvalue weighted by molar-refractivity contribution is 6.17. The third-order valence-corrected chi connectivity index (χ3v) is 6.63. The van der Waals surface area contributed by atoms with Gasteiger partial charge >= 0.3 is 0 Å². The minimum absolute atomic E-state index is 0.00755. The summed E-state index contributed by atoms with van der Waals surface area (Å²) >= 11 is 0. The largest absolute Gasteiger partial charge is 0.366 e. The number of ketones is 2. The monoisotopic (exact) mass is 566 g/mol. The Bertz CT molecular complexity index is 1630. The standard InChI is InChI=1S/C30H22N4O8/c31-29(37)23-5-1-3-17(25(23)27(35)19-9-13-21(14-10-19)33(39)40)7-8-18-4-2-6-24(30(32)38)26(18)28(36)20-11-15-22(16-12-20)34(41)42/h1-6,9-16H,7-8H2,(H2,31,37)(H2,32,38). The van der Waals surface area contributed by atoms with Gasteiger partial charge in [0.1, 0.15) is 0 Å². The van der Waals surface area contributed by atoms with Crippen molar-refractivity contribution in [3.05, 3.63) is 150 Å². The summed E-state index contributed by atoms with van der Waals surface area (Å²) in [4.78, 5) is 72.4. The van der Waals surface area contributed by atoms with Crippen LogP contribution in [0.2, 0.25) is 0 Å². The number of hydrogen-bond donors (Lipinski definition) is 2. The zero-order chi connectivity index (χ0) is 30.6. The Morgan fingerprint density at radius 1 is 0.548 bits per heavy atom. The van der Waals surface area contributed by atoms with Gasteiger partial charge in [0.2, 0.25) is 11.8 Å². The maximum Gasteiger partial charge on any atom is 0.269 e. The van der Waals surface area contributed by atoms with Crippen molar-refractivity contribution in [3.8, 4) is 0 Å². The van der Waals surface area contributed by atoms with Crippen molar-refractivity contribution in [1.29, 1.82) is 0 Å². The van der Waals surface area contributed by atoms with Crippen molar-refractivity contribution >= 4 is 34.8 Å². The van der Waals surface area contributed by atoms with Gasteiger partial charge in [0.15, 0.2) is 11.6 Å². The average molecular weight is 567 g/mol. The number of nitrogens with two attached hydrogens (primary N) is 2. The van der Waals surface area contributed by atoms with E-state index >= 15 is 0 Å². The highest BCUT2D eigenvalue weighted by atomic mass is 16.6. The number of carbonyl (C=O) groups excluding carboxylic acids is 4. The van der Waals surface area contributed by atoms with Gasteiger partial charge in [-0.15, -0.1) is 0 Å². The van der Waals surface area contributed by atoms with Gasteiger partial charge in [0, 0.05) is 46.5 Å². The number of nitro groups is 2. The molecule has 0 saturated heterocycles. The highest BCUT2D eigenvalue weighted by Gasteiger charge is 2.24. The van der Waals surface area contributed by atoms with E-state index in [2.05, 4.69) is 0 Å². The van der Waals surface area contributed by atoms with Crippen LogP contribution < -0.4 is 11.5 Å². The quantitative estimate of drug-likeness (QED) is 0.154. The Morgan fingerprint density at radius 3 is 1.17 bits per heavy atom. The molecule has 0 fully saturated rings. The lowest BCUT2D eigenvalue weighted by Crippen LogP contribution is -2.20. The first-order chi connectivity index (χ1) is 20.0. The van der Waals surface area contributed by atoms with Gasteiger partial charge < -0.3 is 11.5 Å². The maximum atomic E-state index is 13.5. The Morgan fingerprint density at radius 2 is 0.881 bits per heavy atom. The van der Waals surface area contributed by atoms with E-state index in [1.807, 2.05) is 0 Å². The van der Waals surface area contributed by atoms with Gasteiger partial charge in [0.25, 0.3) is 11.4 Å². The predicted octanol–water partition coefficient (Wildman–Crippen LogP) is 3.95. The van der Waals surface area contributed by atoms with Crippen LogP contribution in [0.15, 0.2) is 84.9 Å². The lowest BCUT2D eigenvalue weighted by molar-refractivity contribution is -0.385. The fourth-order valence-electron chi connectivity index (χ4n) is 4.59. The smallest absolute Gasteiger partial charge is 0.269 e. The Labute approximate surface area is 237 Å². The van der Waals surface area contributed by atoms with E-state index in [1.54, 1.807) is 24.3 Å². The van der Waals surface area contributed by atoms with Crippen LogP contribution in [-0.4, -0.2) is 33.2 Å². The Hall–Kier alpha value is -6.04. The number of carbonyl (C=O) groups is 4. The fraction of sp³-hybridized carbons (Fsp3) is 0.0667. The molecule has 0 aliphatic rings. The highest BCUT2D eigenvalue weighted by Crippen LogP contribution is 2.26. The van der Waals surface area contributed by atoms with Crippen molar-refractivity contribution in [2.24, 2.45) is 11.5 Å². The number of non-ortho nitro benzene ring substituents is 2. The van der Waals surface area contributed by atoms with E-state index in [1.165, 1.54) is 60.7 Å². The van der Waals surface area contributed by atoms with E-state index < -0.39 is 33.2 Å². The molecule has 4 N–H and O–H groups in total. The molecule has 2 amide bonds. The number of aryl methyl sites for hydroxylation is 2. The number of amides is 2. The van der Waals surface area contributed by atoms with E-state index in [0.717, 1.165) is 0 Å². The molecule has 0 saturated carbocycles. The number of rotatable bonds is 11. The number of hydrogen-bond acceptors (Lipinski definition) is 8. The summed E-state index contributed by atoms with van der Waals surface area (Å²) in [5.74, 6) is -2.87. The number of primary amides is 2. The molecule has 0 unspecified atom stereocenters. The van der Waals surface area contributed by atoms with Crippen LogP contribution in [0.4, 0.5) is 11.4 Å². The summed E-state index contributed by atoms with van der Waals surface area (Å²) in [6.45, 7) is 0. The SMILES string of the molecule is NC(=O)c1cccc(CCc2cccc(C(N)=O)c2C(=O)c2ccc([N+](=O)[O-])cc2)c1C(=O)c1ccc([N+](=O)[O-])cc1. The second kappa shape index (κ2) is 12.0. The molecule has 0 heterocycles. The second-order valence-electron chi connectivity index (χ2n) is 9.17. The first-order valence-corrected chi connectivity index (χ1v) is 12.4. The molecule has 12 heteroatoms. The van der Waals surface area contributed by atoms with Crippen molar-refractivity contribution in [1.82, 2.24) is 0 Å². The molecule has 42 heavy (non-hydrogen) atoms. The minimum Gasteiger partial charge on any atom is -0.366 e. The number of nitrogens with zero attached hydrogens (tertiary/aromatic N) is 2. The van der Waals surface area contributed by atoms with Crippen LogP contribution >= 0.6 is 0 Å². The number of benzene rings is 4.